The quantitative estimate of drug-likeness (QED) is 0.875. The third-order valence-electron chi connectivity index (χ3n) is 5.16. The lowest BCUT2D eigenvalue weighted by molar-refractivity contribution is 0.0662. The number of nitrogens with two attached hydrogens (primary N) is 1. The lowest BCUT2D eigenvalue weighted by atomic mass is 9.86. The summed E-state index contributed by atoms with van der Waals surface area (Å²) in [5.41, 5.74) is 7.44. The van der Waals surface area contributed by atoms with E-state index in [9.17, 15) is 0 Å². The van der Waals surface area contributed by atoms with E-state index < -0.39 is 0 Å². The highest BCUT2D eigenvalue weighted by Gasteiger charge is 2.33. The molecule has 0 radical (unpaired) electrons. The summed E-state index contributed by atoms with van der Waals surface area (Å²) in [6.07, 6.45) is 4.86. The maximum atomic E-state index is 6.16. The molecule has 0 saturated carbocycles. The Morgan fingerprint density at radius 1 is 1.29 bits per heavy atom. The molecule has 1 unspecified atom stereocenters. The molecule has 0 amide bonds. The van der Waals surface area contributed by atoms with Crippen molar-refractivity contribution in [3.8, 4) is 5.75 Å². The summed E-state index contributed by atoms with van der Waals surface area (Å²) in [5, 5.41) is 0. The maximum absolute atomic E-state index is 6.16. The van der Waals surface area contributed by atoms with Crippen molar-refractivity contribution in [2.24, 2.45) is 11.7 Å². The summed E-state index contributed by atoms with van der Waals surface area (Å²) < 4.78 is 5.50. The topological polar surface area (TPSA) is 38.5 Å². The molecule has 1 fully saturated rings. The van der Waals surface area contributed by atoms with Crippen molar-refractivity contribution in [2.75, 3.05) is 26.7 Å². The molecule has 1 aliphatic heterocycles. The van der Waals surface area contributed by atoms with Gasteiger partial charge in [-0.3, -0.25) is 4.90 Å². The molecule has 1 saturated heterocycles. The van der Waals surface area contributed by atoms with Gasteiger partial charge in [0.25, 0.3) is 0 Å². The normalized spacial score (nSPS) is 20.2. The Morgan fingerprint density at radius 3 is 2.52 bits per heavy atom. The predicted molar refractivity (Wildman–Crippen MR) is 88.7 cm³/mol. The van der Waals surface area contributed by atoms with Gasteiger partial charge in [0, 0.05) is 12.1 Å². The summed E-state index contributed by atoms with van der Waals surface area (Å²) in [7, 11) is 1.74. The molecular weight excluding hydrogens is 260 g/mol. The van der Waals surface area contributed by atoms with Crippen molar-refractivity contribution in [3.63, 3.8) is 0 Å². The molecule has 118 valence electrons. The van der Waals surface area contributed by atoms with Gasteiger partial charge in [0.15, 0.2) is 0 Å². The highest BCUT2D eigenvalue weighted by molar-refractivity contribution is 5.34. The van der Waals surface area contributed by atoms with Gasteiger partial charge in [0.1, 0.15) is 5.75 Å². The van der Waals surface area contributed by atoms with Crippen LogP contribution in [0.5, 0.6) is 5.75 Å². The first-order valence-corrected chi connectivity index (χ1v) is 8.20. The summed E-state index contributed by atoms with van der Waals surface area (Å²) in [5.74, 6) is 1.87. The third-order valence-corrected chi connectivity index (χ3v) is 5.16. The molecule has 0 bridgehead atoms. The van der Waals surface area contributed by atoms with E-state index in [-0.39, 0.29) is 5.54 Å². The van der Waals surface area contributed by atoms with E-state index in [4.69, 9.17) is 10.5 Å². The molecule has 0 spiro atoms. The zero-order valence-corrected chi connectivity index (χ0v) is 13.8. The first kappa shape index (κ1) is 16.3. The first-order chi connectivity index (χ1) is 10.1. The van der Waals surface area contributed by atoms with Gasteiger partial charge < -0.3 is 10.5 Å². The molecule has 1 heterocycles. The van der Waals surface area contributed by atoms with E-state index in [0.29, 0.717) is 6.54 Å². The Balaban J connectivity index is 2.10. The summed E-state index contributed by atoms with van der Waals surface area (Å²) in [6.45, 7) is 7.62. The fraction of sp³-hybridized carbons (Fsp3) is 0.667. The molecule has 2 N–H and O–H groups in total. The molecular formula is C18H30N2O. The maximum Gasteiger partial charge on any atom is 0.122 e. The molecule has 2 rings (SSSR count). The second kappa shape index (κ2) is 7.28. The van der Waals surface area contributed by atoms with Gasteiger partial charge in [-0.05, 0) is 56.8 Å². The van der Waals surface area contributed by atoms with Crippen LogP contribution < -0.4 is 10.5 Å². The Kier molecular flexibility index (Phi) is 5.65. The summed E-state index contributed by atoms with van der Waals surface area (Å²) >= 11 is 0. The average molecular weight is 290 g/mol. The number of rotatable bonds is 6. The van der Waals surface area contributed by atoms with Gasteiger partial charge in [-0.1, -0.05) is 31.5 Å². The van der Waals surface area contributed by atoms with Crippen LogP contribution in [0.25, 0.3) is 0 Å². The number of piperidine rings is 1. The van der Waals surface area contributed by atoms with Crippen LogP contribution in [0.2, 0.25) is 0 Å². The number of benzene rings is 1. The molecule has 1 aromatic rings. The van der Waals surface area contributed by atoms with Crippen LogP contribution >= 0.6 is 0 Å². The minimum absolute atomic E-state index is 0.0212. The minimum atomic E-state index is 0.0212. The fourth-order valence-electron chi connectivity index (χ4n) is 3.45. The number of nitrogens with zero attached hydrogens (tertiary/aromatic N) is 1. The van der Waals surface area contributed by atoms with Gasteiger partial charge in [-0.25, -0.2) is 0 Å². The minimum Gasteiger partial charge on any atom is -0.496 e. The number of likely N-dealkylation sites (tertiary alicyclic amines) is 1. The Labute approximate surface area is 129 Å². The molecule has 0 aromatic heterocycles. The van der Waals surface area contributed by atoms with E-state index in [1.54, 1.807) is 7.11 Å². The Hall–Kier alpha value is -1.06. The lowest BCUT2D eigenvalue weighted by Gasteiger charge is -2.45. The molecule has 0 aliphatic carbocycles. The van der Waals surface area contributed by atoms with Crippen molar-refractivity contribution in [1.29, 1.82) is 0 Å². The predicted octanol–water partition coefficient (Wildman–Crippen LogP) is 3.08. The van der Waals surface area contributed by atoms with Crippen molar-refractivity contribution < 1.29 is 4.74 Å². The van der Waals surface area contributed by atoms with E-state index >= 15 is 0 Å². The second-order valence-electron chi connectivity index (χ2n) is 6.53. The number of ether oxygens (including phenoxy) is 1. The number of methoxy groups -OCH3 is 1. The number of hydrogen-bond acceptors (Lipinski definition) is 3. The average Bonchev–Trinajstić information content (AvgIpc) is 2.55. The van der Waals surface area contributed by atoms with Gasteiger partial charge >= 0.3 is 0 Å². The first-order valence-electron chi connectivity index (χ1n) is 8.20. The summed E-state index contributed by atoms with van der Waals surface area (Å²) in [6, 6.07) is 8.30. The molecule has 3 nitrogen and oxygen atoms in total. The van der Waals surface area contributed by atoms with Crippen LogP contribution in [-0.2, 0) is 6.42 Å². The zero-order chi connectivity index (χ0) is 15.3. The van der Waals surface area contributed by atoms with Crippen LogP contribution in [0, 0.1) is 5.92 Å². The van der Waals surface area contributed by atoms with E-state index in [2.05, 4.69) is 30.9 Å². The summed E-state index contributed by atoms with van der Waals surface area (Å²) in [4.78, 5) is 2.59. The van der Waals surface area contributed by atoms with Gasteiger partial charge in [0.2, 0.25) is 0 Å². The van der Waals surface area contributed by atoms with Crippen molar-refractivity contribution in [1.82, 2.24) is 4.90 Å². The standard InChI is InChI=1S/C18H30N2O/c1-4-15-9-11-20(12-10-15)18(2,14-19)13-16-7-5-6-8-17(16)21-3/h5-8,15H,4,9-14,19H2,1-3H3. The lowest BCUT2D eigenvalue weighted by Crippen LogP contribution is -2.55. The fourth-order valence-corrected chi connectivity index (χ4v) is 3.45. The van der Waals surface area contributed by atoms with Crippen LogP contribution in [-0.4, -0.2) is 37.2 Å². The molecule has 1 atom stereocenters. The monoisotopic (exact) mass is 290 g/mol. The van der Waals surface area contributed by atoms with E-state index in [1.165, 1.54) is 37.9 Å². The van der Waals surface area contributed by atoms with Gasteiger partial charge in [-0.2, -0.15) is 0 Å². The number of hydrogen-bond donors (Lipinski definition) is 1. The zero-order valence-electron chi connectivity index (χ0n) is 13.8. The Bertz CT molecular complexity index is 441. The van der Waals surface area contributed by atoms with Crippen LogP contribution in [0.4, 0.5) is 0 Å². The smallest absolute Gasteiger partial charge is 0.122 e. The van der Waals surface area contributed by atoms with Crippen molar-refractivity contribution >= 4 is 0 Å². The highest BCUT2D eigenvalue weighted by Crippen LogP contribution is 2.30. The van der Waals surface area contributed by atoms with Crippen LogP contribution in [0.1, 0.15) is 38.7 Å². The molecule has 1 aliphatic rings. The largest absolute Gasteiger partial charge is 0.496 e. The van der Waals surface area contributed by atoms with E-state index in [0.717, 1.165) is 18.1 Å². The van der Waals surface area contributed by atoms with Crippen molar-refractivity contribution in [2.45, 2.75) is 45.1 Å². The Morgan fingerprint density at radius 2 is 1.95 bits per heavy atom. The molecule has 3 heteroatoms. The second-order valence-corrected chi connectivity index (χ2v) is 6.53. The number of para-hydroxylation sites is 1. The SMILES string of the molecule is CCC1CCN(C(C)(CN)Cc2ccccc2OC)CC1. The van der Waals surface area contributed by atoms with Crippen LogP contribution in [0.15, 0.2) is 24.3 Å². The molecule has 21 heavy (non-hydrogen) atoms. The molecule has 1 aromatic carbocycles. The third kappa shape index (κ3) is 3.78. The van der Waals surface area contributed by atoms with Gasteiger partial charge in [0.05, 0.1) is 7.11 Å². The van der Waals surface area contributed by atoms with Crippen LogP contribution in [0.3, 0.4) is 0 Å². The van der Waals surface area contributed by atoms with Crippen molar-refractivity contribution in [3.05, 3.63) is 29.8 Å². The van der Waals surface area contributed by atoms with E-state index in [1.807, 2.05) is 12.1 Å². The van der Waals surface area contributed by atoms with Gasteiger partial charge in [-0.15, -0.1) is 0 Å². The highest BCUT2D eigenvalue weighted by atomic mass is 16.5.